The highest BCUT2D eigenvalue weighted by Crippen LogP contribution is 2.33. The maximum Gasteiger partial charge on any atom is 0.343 e. The molecule has 5 nitrogen and oxygen atoms in total. The third-order valence-electron chi connectivity index (χ3n) is 1.08. The number of rotatable bonds is 2. The third-order valence-corrected chi connectivity index (χ3v) is 2.67. The fourth-order valence-electron chi connectivity index (χ4n) is 0.641. The van der Waals surface area contributed by atoms with Crippen molar-refractivity contribution in [1.82, 2.24) is 0 Å². The van der Waals surface area contributed by atoms with Gasteiger partial charge in [-0.2, -0.15) is 0 Å². The molecule has 0 saturated heterocycles. The van der Waals surface area contributed by atoms with Crippen LogP contribution in [0.1, 0.15) is 10.4 Å². The average Bonchev–Trinajstić information content (AvgIpc) is 2.31. The summed E-state index contributed by atoms with van der Waals surface area (Å²) in [6.07, 6.45) is 0. The van der Waals surface area contributed by atoms with Gasteiger partial charge in [0.15, 0.2) is 5.56 Å². The van der Waals surface area contributed by atoms with Gasteiger partial charge in [-0.25, -0.2) is 4.79 Å². The van der Waals surface area contributed by atoms with E-state index in [1.807, 2.05) is 0 Å². The minimum atomic E-state index is -1.29. The number of carboxylic acid groups (broad SMARTS) is 1. The zero-order valence-corrected chi connectivity index (χ0v) is 7.89. The van der Waals surface area contributed by atoms with E-state index in [-0.39, 0.29) is 10.6 Å². The first-order valence-corrected chi connectivity index (χ1v) is 4.30. The second-order valence-electron chi connectivity index (χ2n) is 1.83. The zero-order valence-electron chi connectivity index (χ0n) is 5.48. The van der Waals surface area contributed by atoms with Gasteiger partial charge in [0.25, 0.3) is 0 Å². The van der Waals surface area contributed by atoms with Crippen molar-refractivity contribution in [3.05, 3.63) is 25.5 Å². The fraction of sp³-hybridized carbons (Fsp3) is 0. The summed E-state index contributed by atoms with van der Waals surface area (Å²) in [5.74, 6) is -1.29. The summed E-state index contributed by atoms with van der Waals surface area (Å²) in [7, 11) is 0. The Kier molecular flexibility index (Phi) is 2.43. The number of halogens is 1. The highest BCUT2D eigenvalue weighted by Gasteiger charge is 2.23. The molecule has 7 heteroatoms. The van der Waals surface area contributed by atoms with E-state index in [9.17, 15) is 14.9 Å². The van der Waals surface area contributed by atoms with Crippen molar-refractivity contribution in [2.45, 2.75) is 0 Å². The zero-order chi connectivity index (χ0) is 9.30. The lowest BCUT2D eigenvalue weighted by atomic mass is 10.3. The van der Waals surface area contributed by atoms with Gasteiger partial charge in [-0.1, -0.05) is 11.3 Å². The Balaban J connectivity index is 3.26. The number of nitro groups is 1. The molecule has 0 aliphatic rings. The van der Waals surface area contributed by atoms with Crippen LogP contribution in [0.4, 0.5) is 5.00 Å². The Morgan fingerprint density at radius 1 is 1.75 bits per heavy atom. The first-order valence-electron chi connectivity index (χ1n) is 2.69. The van der Waals surface area contributed by atoms with Crippen molar-refractivity contribution in [1.29, 1.82) is 0 Å². The third kappa shape index (κ3) is 1.62. The van der Waals surface area contributed by atoms with Crippen LogP contribution in [0.25, 0.3) is 0 Å². The molecule has 0 aliphatic heterocycles. The Labute approximate surface area is 78.9 Å². The van der Waals surface area contributed by atoms with Crippen LogP contribution in [0.15, 0.2) is 9.85 Å². The molecule has 12 heavy (non-hydrogen) atoms. The SMILES string of the molecule is O=C(O)c1cc(Br)sc1[N+](=O)[O-]. The maximum absolute atomic E-state index is 10.4. The number of nitrogens with zero attached hydrogens (tertiary/aromatic N) is 1. The lowest BCUT2D eigenvalue weighted by Crippen LogP contribution is -1.97. The van der Waals surface area contributed by atoms with Gasteiger partial charge in [0.1, 0.15) is 0 Å². The molecule has 0 fully saturated rings. The Morgan fingerprint density at radius 2 is 2.33 bits per heavy atom. The molecular weight excluding hydrogens is 250 g/mol. The molecule has 0 saturated carbocycles. The van der Waals surface area contributed by atoms with Crippen LogP contribution >= 0.6 is 27.3 Å². The van der Waals surface area contributed by atoms with Crippen LogP contribution in [0, 0.1) is 10.1 Å². The predicted molar refractivity (Wildman–Crippen MR) is 45.6 cm³/mol. The Morgan fingerprint density at radius 3 is 2.67 bits per heavy atom. The van der Waals surface area contributed by atoms with Crippen LogP contribution in [-0.4, -0.2) is 16.0 Å². The molecule has 0 bridgehead atoms. The van der Waals surface area contributed by atoms with E-state index in [0.29, 0.717) is 3.79 Å². The molecule has 0 aromatic carbocycles. The van der Waals surface area contributed by atoms with Crippen molar-refractivity contribution in [2.24, 2.45) is 0 Å². The molecule has 64 valence electrons. The van der Waals surface area contributed by atoms with Crippen molar-refractivity contribution < 1.29 is 14.8 Å². The minimum absolute atomic E-state index is 0.281. The number of thiophene rings is 1. The topological polar surface area (TPSA) is 80.4 Å². The second-order valence-corrected chi connectivity index (χ2v) is 4.24. The van der Waals surface area contributed by atoms with E-state index in [1.165, 1.54) is 6.07 Å². The van der Waals surface area contributed by atoms with Crippen LogP contribution in [0.3, 0.4) is 0 Å². The van der Waals surface area contributed by atoms with Gasteiger partial charge in [0, 0.05) is 0 Å². The molecule has 1 rings (SSSR count). The summed E-state index contributed by atoms with van der Waals surface area (Å²) in [6.45, 7) is 0. The van der Waals surface area contributed by atoms with Gasteiger partial charge >= 0.3 is 11.0 Å². The molecular formula is C5H2BrNO4S. The van der Waals surface area contributed by atoms with Gasteiger partial charge in [0.2, 0.25) is 0 Å². The van der Waals surface area contributed by atoms with E-state index < -0.39 is 10.9 Å². The number of hydrogen-bond donors (Lipinski definition) is 1. The molecule has 0 atom stereocenters. The number of carbonyl (C=O) groups is 1. The van der Waals surface area contributed by atoms with Crippen molar-refractivity contribution in [2.75, 3.05) is 0 Å². The first-order chi connectivity index (χ1) is 5.52. The van der Waals surface area contributed by atoms with Crippen LogP contribution in [0.2, 0.25) is 0 Å². The molecule has 0 spiro atoms. The van der Waals surface area contributed by atoms with Gasteiger partial charge in [-0.15, -0.1) is 0 Å². The van der Waals surface area contributed by atoms with Gasteiger partial charge in [-0.3, -0.25) is 10.1 Å². The maximum atomic E-state index is 10.4. The van der Waals surface area contributed by atoms with E-state index in [1.54, 1.807) is 0 Å². The summed E-state index contributed by atoms with van der Waals surface area (Å²) in [5, 5.41) is 18.4. The fourth-order valence-corrected chi connectivity index (χ4v) is 2.02. The first kappa shape index (κ1) is 9.14. The quantitative estimate of drug-likeness (QED) is 0.645. The Hall–Kier alpha value is -0.950. The molecule has 1 N–H and O–H groups in total. The van der Waals surface area contributed by atoms with E-state index in [4.69, 9.17) is 5.11 Å². The molecule has 1 aromatic rings. The average molecular weight is 252 g/mol. The lowest BCUT2D eigenvalue weighted by molar-refractivity contribution is -0.380. The Bertz CT molecular complexity index is 316. The summed E-state index contributed by atoms with van der Waals surface area (Å²) in [4.78, 5) is 20.0. The highest BCUT2D eigenvalue weighted by molar-refractivity contribution is 9.11. The number of carboxylic acids is 1. The largest absolute Gasteiger partial charge is 0.477 e. The second kappa shape index (κ2) is 3.20. The summed E-state index contributed by atoms with van der Waals surface area (Å²) in [5.41, 5.74) is -0.281. The molecule has 0 aliphatic carbocycles. The summed E-state index contributed by atoms with van der Waals surface area (Å²) >= 11 is 3.76. The van der Waals surface area contributed by atoms with Crippen LogP contribution in [0.5, 0.6) is 0 Å². The summed E-state index contributed by atoms with van der Waals surface area (Å²) in [6, 6.07) is 1.21. The molecule has 1 aromatic heterocycles. The molecule has 0 unspecified atom stereocenters. The van der Waals surface area contributed by atoms with Crippen molar-refractivity contribution in [3.63, 3.8) is 0 Å². The lowest BCUT2D eigenvalue weighted by Gasteiger charge is -1.86. The van der Waals surface area contributed by atoms with Crippen molar-refractivity contribution in [3.8, 4) is 0 Å². The van der Waals surface area contributed by atoms with Gasteiger partial charge in [-0.05, 0) is 22.0 Å². The monoisotopic (exact) mass is 251 g/mol. The highest BCUT2D eigenvalue weighted by atomic mass is 79.9. The van der Waals surface area contributed by atoms with Gasteiger partial charge < -0.3 is 5.11 Å². The van der Waals surface area contributed by atoms with E-state index >= 15 is 0 Å². The summed E-state index contributed by atoms with van der Waals surface area (Å²) < 4.78 is 0.437. The van der Waals surface area contributed by atoms with Crippen LogP contribution in [-0.2, 0) is 0 Å². The normalized spacial score (nSPS) is 9.75. The number of hydrogen-bond acceptors (Lipinski definition) is 4. The van der Waals surface area contributed by atoms with Crippen molar-refractivity contribution >= 4 is 38.2 Å². The standard InChI is InChI=1S/C5H2BrNO4S/c6-3-1-2(5(8)9)4(12-3)7(10)11/h1H,(H,8,9). The number of aromatic carboxylic acids is 1. The molecule has 0 radical (unpaired) electrons. The van der Waals surface area contributed by atoms with Crippen LogP contribution < -0.4 is 0 Å². The predicted octanol–water partition coefficient (Wildman–Crippen LogP) is 2.12. The van der Waals surface area contributed by atoms with Gasteiger partial charge in [0.05, 0.1) is 8.71 Å². The van der Waals surface area contributed by atoms with E-state index in [2.05, 4.69) is 15.9 Å². The molecule has 1 heterocycles. The smallest absolute Gasteiger partial charge is 0.343 e. The molecule has 0 amide bonds. The minimum Gasteiger partial charge on any atom is -0.477 e. The van der Waals surface area contributed by atoms with E-state index in [0.717, 1.165) is 11.3 Å².